The average Bonchev–Trinajstić information content (AvgIpc) is 2.53. The summed E-state index contributed by atoms with van der Waals surface area (Å²) in [4.78, 5) is 12.0. The molecule has 21 heavy (non-hydrogen) atoms. The molecule has 1 amide bonds. The van der Waals surface area contributed by atoms with E-state index in [0.29, 0.717) is 6.42 Å². The maximum absolute atomic E-state index is 12.0. The Kier molecular flexibility index (Phi) is 6.48. The third-order valence-electron chi connectivity index (χ3n) is 4.14. The van der Waals surface area contributed by atoms with Gasteiger partial charge < -0.3 is 10.4 Å². The van der Waals surface area contributed by atoms with Gasteiger partial charge in [0.1, 0.15) is 0 Å². The second-order valence-electron chi connectivity index (χ2n) is 5.75. The van der Waals surface area contributed by atoms with Gasteiger partial charge in [-0.3, -0.25) is 4.79 Å². The molecule has 3 heteroatoms. The first kappa shape index (κ1) is 15.8. The summed E-state index contributed by atoms with van der Waals surface area (Å²) in [5.41, 5.74) is 1.16. The van der Waals surface area contributed by atoms with Gasteiger partial charge in [0.15, 0.2) is 0 Å². The first-order chi connectivity index (χ1) is 10.3. The third-order valence-corrected chi connectivity index (χ3v) is 4.14. The molecular weight excluding hydrogens is 262 g/mol. The van der Waals surface area contributed by atoms with E-state index in [1.807, 2.05) is 42.5 Å². The van der Waals surface area contributed by atoms with Crippen molar-refractivity contribution in [1.82, 2.24) is 5.32 Å². The summed E-state index contributed by atoms with van der Waals surface area (Å²) in [6, 6.07) is 10.3. The third kappa shape index (κ3) is 5.35. The van der Waals surface area contributed by atoms with E-state index in [9.17, 15) is 9.90 Å². The van der Waals surface area contributed by atoms with Gasteiger partial charge in [0.25, 0.3) is 0 Å². The number of aliphatic hydroxyl groups is 1. The Hall–Kier alpha value is -1.61. The fourth-order valence-electron chi connectivity index (χ4n) is 2.89. The molecule has 1 aromatic rings. The minimum atomic E-state index is 0.0954. The van der Waals surface area contributed by atoms with E-state index in [1.54, 1.807) is 0 Å². The van der Waals surface area contributed by atoms with E-state index in [1.165, 1.54) is 0 Å². The molecule has 0 radical (unpaired) electrons. The van der Waals surface area contributed by atoms with E-state index in [4.69, 9.17) is 0 Å². The maximum atomic E-state index is 12.0. The van der Waals surface area contributed by atoms with Gasteiger partial charge in [-0.15, -0.1) is 0 Å². The van der Waals surface area contributed by atoms with Gasteiger partial charge in [0, 0.05) is 25.0 Å². The highest BCUT2D eigenvalue weighted by molar-refractivity contribution is 5.76. The van der Waals surface area contributed by atoms with E-state index >= 15 is 0 Å². The lowest BCUT2D eigenvalue weighted by atomic mass is 9.85. The molecule has 3 nitrogen and oxygen atoms in total. The van der Waals surface area contributed by atoms with Gasteiger partial charge in [-0.25, -0.2) is 0 Å². The number of carbonyl (C=O) groups excluding carboxylic acids is 1. The van der Waals surface area contributed by atoms with E-state index in [-0.39, 0.29) is 24.5 Å². The van der Waals surface area contributed by atoms with Crippen LogP contribution >= 0.6 is 0 Å². The highest BCUT2D eigenvalue weighted by Gasteiger charge is 2.25. The smallest absolute Gasteiger partial charge is 0.220 e. The van der Waals surface area contributed by atoms with Crippen LogP contribution in [0, 0.1) is 5.92 Å². The SMILES string of the molecule is O=C(CC/C=C/c1ccccc1)NC1CCCCC1CO. The average molecular weight is 287 g/mol. The Morgan fingerprint density at radius 3 is 2.76 bits per heavy atom. The quantitative estimate of drug-likeness (QED) is 0.844. The number of nitrogens with one attached hydrogen (secondary N) is 1. The number of benzene rings is 1. The minimum absolute atomic E-state index is 0.0954. The molecule has 2 atom stereocenters. The predicted molar refractivity (Wildman–Crippen MR) is 85.7 cm³/mol. The zero-order chi connectivity index (χ0) is 14.9. The normalized spacial score (nSPS) is 22.3. The van der Waals surface area contributed by atoms with Crippen LogP contribution in [0.5, 0.6) is 0 Å². The van der Waals surface area contributed by atoms with Crippen LogP contribution in [0.15, 0.2) is 36.4 Å². The van der Waals surface area contributed by atoms with Crippen LogP contribution in [0.25, 0.3) is 6.08 Å². The molecule has 0 aromatic heterocycles. The molecule has 1 aromatic carbocycles. The van der Waals surface area contributed by atoms with E-state index in [2.05, 4.69) is 5.32 Å². The largest absolute Gasteiger partial charge is 0.396 e. The number of rotatable bonds is 6. The standard InChI is InChI=1S/C18H25NO2/c20-14-16-11-5-6-12-17(16)19-18(21)13-7-4-10-15-8-2-1-3-9-15/h1-4,8-10,16-17,20H,5-7,11-14H2,(H,19,21)/b10-4+. The zero-order valence-electron chi connectivity index (χ0n) is 12.5. The second-order valence-corrected chi connectivity index (χ2v) is 5.75. The summed E-state index contributed by atoms with van der Waals surface area (Å²) in [5, 5.41) is 12.4. The van der Waals surface area contributed by atoms with Crippen molar-refractivity contribution in [3.05, 3.63) is 42.0 Å². The Morgan fingerprint density at radius 2 is 2.00 bits per heavy atom. The van der Waals surface area contributed by atoms with Crippen LogP contribution in [-0.4, -0.2) is 23.7 Å². The summed E-state index contributed by atoms with van der Waals surface area (Å²) in [6.45, 7) is 0.179. The molecule has 2 unspecified atom stereocenters. The van der Waals surface area contributed by atoms with E-state index in [0.717, 1.165) is 37.7 Å². The van der Waals surface area contributed by atoms with Crippen LogP contribution in [-0.2, 0) is 4.79 Å². The minimum Gasteiger partial charge on any atom is -0.396 e. The number of amides is 1. The van der Waals surface area contributed by atoms with Gasteiger partial charge in [-0.2, -0.15) is 0 Å². The van der Waals surface area contributed by atoms with Crippen molar-refractivity contribution in [3.8, 4) is 0 Å². The number of aliphatic hydroxyl groups excluding tert-OH is 1. The molecule has 2 N–H and O–H groups in total. The molecule has 0 saturated heterocycles. The van der Waals surface area contributed by atoms with Gasteiger partial charge in [0.2, 0.25) is 5.91 Å². The molecule has 0 aliphatic heterocycles. The molecule has 0 spiro atoms. The van der Waals surface area contributed by atoms with E-state index < -0.39 is 0 Å². The van der Waals surface area contributed by atoms with Gasteiger partial charge in [-0.1, -0.05) is 55.3 Å². The molecule has 0 heterocycles. The molecule has 0 bridgehead atoms. The molecule has 2 rings (SSSR count). The molecule has 1 aliphatic carbocycles. The second kappa shape index (κ2) is 8.63. The molecule has 114 valence electrons. The summed E-state index contributed by atoms with van der Waals surface area (Å²) in [5.74, 6) is 0.334. The van der Waals surface area contributed by atoms with Crippen molar-refractivity contribution in [3.63, 3.8) is 0 Å². The first-order valence-corrected chi connectivity index (χ1v) is 7.91. The fourth-order valence-corrected chi connectivity index (χ4v) is 2.89. The lowest BCUT2D eigenvalue weighted by Gasteiger charge is -2.30. The lowest BCUT2D eigenvalue weighted by molar-refractivity contribution is -0.122. The molecule has 1 saturated carbocycles. The Balaban J connectivity index is 1.71. The van der Waals surface area contributed by atoms with Crippen molar-refractivity contribution < 1.29 is 9.90 Å². The molecule has 1 aliphatic rings. The monoisotopic (exact) mass is 287 g/mol. The Morgan fingerprint density at radius 1 is 1.24 bits per heavy atom. The highest BCUT2D eigenvalue weighted by Crippen LogP contribution is 2.24. The Labute approximate surface area is 127 Å². The van der Waals surface area contributed by atoms with Crippen molar-refractivity contribution >= 4 is 12.0 Å². The van der Waals surface area contributed by atoms with Crippen LogP contribution < -0.4 is 5.32 Å². The number of hydrogen-bond acceptors (Lipinski definition) is 2. The van der Waals surface area contributed by atoms with Gasteiger partial charge in [-0.05, 0) is 24.8 Å². The van der Waals surface area contributed by atoms with Gasteiger partial charge >= 0.3 is 0 Å². The molecular formula is C18H25NO2. The maximum Gasteiger partial charge on any atom is 0.220 e. The topological polar surface area (TPSA) is 49.3 Å². The number of carbonyl (C=O) groups is 1. The Bertz CT molecular complexity index is 456. The summed E-state index contributed by atoms with van der Waals surface area (Å²) < 4.78 is 0. The summed E-state index contributed by atoms with van der Waals surface area (Å²) >= 11 is 0. The summed E-state index contributed by atoms with van der Waals surface area (Å²) in [7, 11) is 0. The highest BCUT2D eigenvalue weighted by atomic mass is 16.3. The number of hydrogen-bond donors (Lipinski definition) is 2. The van der Waals surface area contributed by atoms with Crippen molar-refractivity contribution in [2.24, 2.45) is 5.92 Å². The fraction of sp³-hybridized carbons (Fsp3) is 0.500. The van der Waals surface area contributed by atoms with Crippen molar-refractivity contribution in [2.75, 3.05) is 6.61 Å². The van der Waals surface area contributed by atoms with Crippen LogP contribution in [0.2, 0.25) is 0 Å². The van der Waals surface area contributed by atoms with Crippen molar-refractivity contribution in [2.45, 2.75) is 44.6 Å². The van der Waals surface area contributed by atoms with Crippen LogP contribution in [0.4, 0.5) is 0 Å². The lowest BCUT2D eigenvalue weighted by Crippen LogP contribution is -2.43. The number of allylic oxidation sites excluding steroid dienone is 1. The van der Waals surface area contributed by atoms with Crippen LogP contribution in [0.3, 0.4) is 0 Å². The first-order valence-electron chi connectivity index (χ1n) is 7.91. The van der Waals surface area contributed by atoms with Crippen molar-refractivity contribution in [1.29, 1.82) is 0 Å². The summed E-state index contributed by atoms with van der Waals surface area (Å²) in [6.07, 6.45) is 9.68. The predicted octanol–water partition coefficient (Wildman–Crippen LogP) is 3.15. The molecule has 1 fully saturated rings. The van der Waals surface area contributed by atoms with Crippen LogP contribution in [0.1, 0.15) is 44.1 Å². The zero-order valence-corrected chi connectivity index (χ0v) is 12.5. The van der Waals surface area contributed by atoms with Gasteiger partial charge in [0.05, 0.1) is 0 Å².